The lowest BCUT2D eigenvalue weighted by molar-refractivity contribution is -0.120. The maximum absolute atomic E-state index is 11.7. The number of hydrogen-bond donors (Lipinski definition) is 3. The van der Waals surface area contributed by atoms with E-state index in [-0.39, 0.29) is 6.04 Å². The van der Waals surface area contributed by atoms with Crippen molar-refractivity contribution in [3.63, 3.8) is 0 Å². The molecule has 0 radical (unpaired) electrons. The number of sulfonamides is 1. The lowest BCUT2D eigenvalue weighted by atomic mass is 10.4. The summed E-state index contributed by atoms with van der Waals surface area (Å²) in [6.07, 6.45) is 0. The summed E-state index contributed by atoms with van der Waals surface area (Å²) in [4.78, 5) is 21.8. The van der Waals surface area contributed by atoms with Crippen LogP contribution in [0.2, 0.25) is 0 Å². The first-order valence-corrected chi connectivity index (χ1v) is 6.83. The Labute approximate surface area is 109 Å². The zero-order valence-corrected chi connectivity index (χ0v) is 11.2. The molecule has 0 saturated heterocycles. The molecule has 0 aliphatic rings. The van der Waals surface area contributed by atoms with Crippen LogP contribution in [-0.2, 0) is 14.8 Å². The topological polar surface area (TPSA) is 126 Å². The summed E-state index contributed by atoms with van der Waals surface area (Å²) in [6, 6.07) is 1.91. The van der Waals surface area contributed by atoms with Gasteiger partial charge in [0.05, 0.1) is 6.54 Å². The van der Waals surface area contributed by atoms with Gasteiger partial charge in [-0.05, 0) is 26.0 Å². The van der Waals surface area contributed by atoms with Crippen molar-refractivity contribution in [1.82, 2.24) is 10.0 Å². The van der Waals surface area contributed by atoms with Crippen LogP contribution in [0.1, 0.15) is 24.4 Å². The van der Waals surface area contributed by atoms with Gasteiger partial charge in [0.2, 0.25) is 16.8 Å². The summed E-state index contributed by atoms with van der Waals surface area (Å²) in [5.41, 5.74) is 0. The molecule has 0 bridgehead atoms. The maximum atomic E-state index is 11.7. The van der Waals surface area contributed by atoms with Crippen LogP contribution in [0.5, 0.6) is 0 Å². The van der Waals surface area contributed by atoms with Crippen LogP contribution in [0.15, 0.2) is 21.6 Å². The van der Waals surface area contributed by atoms with E-state index in [1.165, 1.54) is 0 Å². The Kier molecular flexibility index (Phi) is 4.67. The van der Waals surface area contributed by atoms with Gasteiger partial charge >= 0.3 is 5.97 Å². The molecule has 0 unspecified atom stereocenters. The number of carbonyl (C=O) groups excluding carboxylic acids is 1. The molecule has 1 aromatic heterocycles. The van der Waals surface area contributed by atoms with E-state index < -0.39 is 39.3 Å². The highest BCUT2D eigenvalue weighted by Crippen LogP contribution is 2.13. The van der Waals surface area contributed by atoms with Crippen molar-refractivity contribution < 1.29 is 27.5 Å². The molecule has 0 atom stereocenters. The molecule has 1 aromatic rings. The highest BCUT2D eigenvalue weighted by molar-refractivity contribution is 7.89. The maximum Gasteiger partial charge on any atom is 0.371 e. The molecule has 1 amide bonds. The third-order valence-electron chi connectivity index (χ3n) is 1.93. The predicted molar refractivity (Wildman–Crippen MR) is 64.1 cm³/mol. The Balaban J connectivity index is 2.70. The van der Waals surface area contributed by atoms with E-state index in [1.54, 1.807) is 13.8 Å². The number of hydrogen-bond acceptors (Lipinski definition) is 5. The molecule has 0 spiro atoms. The minimum atomic E-state index is -4.04. The molecule has 0 aromatic carbocycles. The zero-order chi connectivity index (χ0) is 14.6. The van der Waals surface area contributed by atoms with E-state index in [1.807, 2.05) is 4.72 Å². The van der Waals surface area contributed by atoms with Crippen molar-refractivity contribution in [3.05, 3.63) is 17.9 Å². The van der Waals surface area contributed by atoms with Crippen molar-refractivity contribution in [2.75, 3.05) is 6.54 Å². The Morgan fingerprint density at radius 1 is 1.37 bits per heavy atom. The molecule has 3 N–H and O–H groups in total. The van der Waals surface area contributed by atoms with E-state index in [4.69, 9.17) is 5.11 Å². The smallest absolute Gasteiger partial charge is 0.371 e. The average Bonchev–Trinajstić information content (AvgIpc) is 2.75. The lowest BCUT2D eigenvalue weighted by Gasteiger charge is -2.08. The van der Waals surface area contributed by atoms with Gasteiger partial charge in [-0.25, -0.2) is 13.2 Å². The second-order valence-electron chi connectivity index (χ2n) is 3.97. The Hall–Kier alpha value is -1.87. The molecule has 1 rings (SSSR count). The van der Waals surface area contributed by atoms with Gasteiger partial charge in [0.1, 0.15) is 0 Å². The van der Waals surface area contributed by atoms with E-state index in [0.29, 0.717) is 0 Å². The largest absolute Gasteiger partial charge is 0.475 e. The predicted octanol–water partition coefficient (Wildman–Crippen LogP) is -0.219. The average molecular weight is 290 g/mol. The van der Waals surface area contributed by atoms with Gasteiger partial charge < -0.3 is 14.8 Å². The number of carboxylic acid groups (broad SMARTS) is 1. The molecule has 8 nitrogen and oxygen atoms in total. The number of rotatable bonds is 6. The third kappa shape index (κ3) is 4.38. The fourth-order valence-electron chi connectivity index (χ4n) is 1.18. The molecule has 0 fully saturated rings. The van der Waals surface area contributed by atoms with Crippen molar-refractivity contribution in [2.24, 2.45) is 0 Å². The minimum absolute atomic E-state index is 0.112. The van der Waals surface area contributed by atoms with E-state index in [2.05, 4.69) is 9.73 Å². The second kappa shape index (κ2) is 5.85. The van der Waals surface area contributed by atoms with Crippen LogP contribution in [0, 0.1) is 0 Å². The van der Waals surface area contributed by atoms with Gasteiger partial charge in [-0.1, -0.05) is 0 Å². The normalized spacial score (nSPS) is 11.5. The second-order valence-corrected chi connectivity index (χ2v) is 5.67. The number of carbonyl (C=O) groups is 2. The molecule has 106 valence electrons. The highest BCUT2D eigenvalue weighted by atomic mass is 32.2. The van der Waals surface area contributed by atoms with E-state index in [0.717, 1.165) is 12.1 Å². The number of carboxylic acids is 1. The molecule has 19 heavy (non-hydrogen) atoms. The van der Waals surface area contributed by atoms with Crippen molar-refractivity contribution >= 4 is 21.9 Å². The van der Waals surface area contributed by atoms with Crippen LogP contribution in [0.4, 0.5) is 0 Å². The van der Waals surface area contributed by atoms with E-state index >= 15 is 0 Å². The minimum Gasteiger partial charge on any atom is -0.475 e. The number of furan rings is 1. The zero-order valence-electron chi connectivity index (χ0n) is 10.3. The van der Waals surface area contributed by atoms with Crippen molar-refractivity contribution in [3.8, 4) is 0 Å². The molecular formula is C10H14N2O6S. The Bertz CT molecular complexity index is 575. The Morgan fingerprint density at radius 3 is 2.47 bits per heavy atom. The molecule has 1 heterocycles. The summed E-state index contributed by atoms with van der Waals surface area (Å²) in [7, 11) is -4.04. The first-order chi connectivity index (χ1) is 8.72. The number of aromatic carboxylic acids is 1. The summed E-state index contributed by atoms with van der Waals surface area (Å²) in [6.45, 7) is 3.01. The first kappa shape index (κ1) is 15.2. The van der Waals surface area contributed by atoms with Gasteiger partial charge in [-0.15, -0.1) is 0 Å². The van der Waals surface area contributed by atoms with Crippen LogP contribution in [0.25, 0.3) is 0 Å². The lowest BCUT2D eigenvalue weighted by Crippen LogP contribution is -2.39. The molecular weight excluding hydrogens is 276 g/mol. The van der Waals surface area contributed by atoms with Crippen molar-refractivity contribution in [1.29, 1.82) is 0 Å². The van der Waals surface area contributed by atoms with E-state index in [9.17, 15) is 18.0 Å². The third-order valence-corrected chi connectivity index (χ3v) is 3.20. The quantitative estimate of drug-likeness (QED) is 0.665. The van der Waals surface area contributed by atoms with Gasteiger partial charge in [0, 0.05) is 6.04 Å². The first-order valence-electron chi connectivity index (χ1n) is 5.34. The number of nitrogens with one attached hydrogen (secondary N) is 2. The summed E-state index contributed by atoms with van der Waals surface area (Å²) in [5, 5.41) is 10.6. The SMILES string of the molecule is CC(C)NC(=O)CNS(=O)(=O)c1ccc(C(=O)O)o1. The van der Waals surface area contributed by atoms with Crippen LogP contribution in [-0.4, -0.2) is 38.0 Å². The van der Waals surface area contributed by atoms with Gasteiger partial charge in [0.25, 0.3) is 10.0 Å². The summed E-state index contributed by atoms with van der Waals surface area (Å²) in [5.74, 6) is -2.37. The van der Waals surface area contributed by atoms with Crippen molar-refractivity contribution in [2.45, 2.75) is 25.0 Å². The van der Waals surface area contributed by atoms with Crippen LogP contribution < -0.4 is 10.0 Å². The fraction of sp³-hybridized carbons (Fsp3) is 0.400. The molecule has 0 aliphatic heterocycles. The molecule has 0 saturated carbocycles. The molecule has 0 aliphatic carbocycles. The van der Waals surface area contributed by atoms with Gasteiger partial charge in [0.15, 0.2) is 0 Å². The monoisotopic (exact) mass is 290 g/mol. The standard InChI is InChI=1S/C10H14N2O6S/c1-6(2)12-8(13)5-11-19(16,17)9-4-3-7(18-9)10(14)15/h3-4,6,11H,5H2,1-2H3,(H,12,13)(H,14,15). The summed E-state index contributed by atoms with van der Waals surface area (Å²) < 4.78 is 30.0. The van der Waals surface area contributed by atoms with Crippen LogP contribution in [0.3, 0.4) is 0 Å². The highest BCUT2D eigenvalue weighted by Gasteiger charge is 2.21. The van der Waals surface area contributed by atoms with Gasteiger partial charge in [-0.3, -0.25) is 4.79 Å². The number of amides is 1. The van der Waals surface area contributed by atoms with Gasteiger partial charge in [-0.2, -0.15) is 4.72 Å². The Morgan fingerprint density at radius 2 is 2.00 bits per heavy atom. The summed E-state index contributed by atoms with van der Waals surface area (Å²) >= 11 is 0. The fourth-order valence-corrected chi connectivity index (χ4v) is 2.09. The van der Waals surface area contributed by atoms with Crippen LogP contribution >= 0.6 is 0 Å². The molecule has 9 heteroatoms.